The van der Waals surface area contributed by atoms with Crippen LogP contribution < -0.4 is 9.47 Å². The third-order valence-electron chi connectivity index (χ3n) is 14.3. The van der Waals surface area contributed by atoms with Gasteiger partial charge >= 0.3 is 6.09 Å². The molecule has 0 unspecified atom stereocenters. The molecule has 0 saturated heterocycles. The van der Waals surface area contributed by atoms with Gasteiger partial charge in [0.05, 0.1) is 35.6 Å². The molecule has 6 atom stereocenters. The smallest absolute Gasteiger partial charge is 0.410 e. The molecule has 0 radical (unpaired) electrons. The van der Waals surface area contributed by atoms with Gasteiger partial charge in [0.2, 0.25) is 5.79 Å². The summed E-state index contributed by atoms with van der Waals surface area (Å²) in [5.41, 5.74) is 3.85. The first-order valence-corrected chi connectivity index (χ1v) is 25.3. The number of benzene rings is 6. The summed E-state index contributed by atoms with van der Waals surface area (Å²) in [6.45, 7) is 4.34. The second kappa shape index (κ2) is 23.2. The molecule has 1 aliphatic heterocycles. The van der Waals surface area contributed by atoms with Crippen LogP contribution >= 0.6 is 11.6 Å². The van der Waals surface area contributed by atoms with Crippen molar-refractivity contribution in [3.05, 3.63) is 179 Å². The topological polar surface area (TPSA) is 162 Å². The molecular formula is C58H60ClN3O10. The van der Waals surface area contributed by atoms with E-state index in [1.54, 1.807) is 23.1 Å². The van der Waals surface area contributed by atoms with Crippen molar-refractivity contribution in [3.63, 3.8) is 0 Å². The Morgan fingerprint density at radius 2 is 1.60 bits per heavy atom. The first-order valence-electron chi connectivity index (χ1n) is 24.8. The van der Waals surface area contributed by atoms with Gasteiger partial charge in [0.25, 0.3) is 5.69 Å². The third-order valence-corrected chi connectivity index (χ3v) is 14.4. The summed E-state index contributed by atoms with van der Waals surface area (Å²) in [5, 5.41) is 40.7. The number of allylic oxidation sites excluding steroid dienone is 1. The van der Waals surface area contributed by atoms with Gasteiger partial charge in [-0.05, 0) is 118 Å². The van der Waals surface area contributed by atoms with Crippen molar-refractivity contribution in [1.29, 1.82) is 0 Å². The van der Waals surface area contributed by atoms with Crippen LogP contribution in [0.25, 0.3) is 21.5 Å². The number of aliphatic hydroxyl groups is 2. The Morgan fingerprint density at radius 3 is 2.36 bits per heavy atom. The van der Waals surface area contributed by atoms with E-state index in [0.717, 1.165) is 63.9 Å². The van der Waals surface area contributed by atoms with E-state index < -0.39 is 28.8 Å². The number of oxime groups is 1. The summed E-state index contributed by atoms with van der Waals surface area (Å²) < 4.78 is 27.4. The van der Waals surface area contributed by atoms with Gasteiger partial charge in [-0.25, -0.2) is 4.79 Å². The van der Waals surface area contributed by atoms with Crippen molar-refractivity contribution in [2.75, 3.05) is 32.3 Å². The number of aliphatic hydroxyl groups excluding tert-OH is 2. The van der Waals surface area contributed by atoms with Gasteiger partial charge in [-0.15, -0.1) is 18.2 Å². The van der Waals surface area contributed by atoms with Gasteiger partial charge in [0, 0.05) is 43.2 Å². The molecule has 72 heavy (non-hydrogen) atoms. The lowest BCUT2D eigenvalue weighted by atomic mass is 9.55. The lowest BCUT2D eigenvalue weighted by molar-refractivity contribution is -0.384. The molecule has 1 saturated carbocycles. The standard InChI is InChI=1S/C58H60ClN3O10/c1-2-31-69-58-54(61(57(65)68-32-28-59)37-44-17-11-16-41-13-5-6-18-48(41)44)36-52(60-70-38-39-20-23-45(24-21-39)62(66)67)50-34-43(15-7-9-29-63)49(19-8-10-30-64)55(56(50)58)51-35-47(26-27-53(51)72-58)71-46-25-22-40-12-3-4-14-42(40)33-46/h2-6,11-14,16-18,20-27,33-35,43,49,54-56,63-64H,1,7-10,15,19,28-32,36-38H2/t43-,49+,54-,55+,56+,58+/m0/s1. The second-order valence-electron chi connectivity index (χ2n) is 18.7. The molecule has 9 rings (SSSR count). The van der Waals surface area contributed by atoms with E-state index in [-0.39, 0.29) is 75.3 Å². The van der Waals surface area contributed by atoms with Gasteiger partial charge in [0.1, 0.15) is 36.5 Å². The number of amides is 1. The van der Waals surface area contributed by atoms with Crippen LogP contribution in [-0.2, 0) is 27.5 Å². The molecule has 2 aliphatic carbocycles. The number of carbonyl (C=O) groups excluding carboxylic acids is 1. The molecule has 0 aromatic heterocycles. The normalized spacial score (nSPS) is 21.5. The minimum absolute atomic E-state index is 0.0155. The lowest BCUT2D eigenvalue weighted by Gasteiger charge is -2.59. The molecule has 3 aliphatic rings. The Bertz CT molecular complexity index is 2940. The second-order valence-corrected chi connectivity index (χ2v) is 19.0. The van der Waals surface area contributed by atoms with Crippen LogP contribution in [0.15, 0.2) is 157 Å². The molecule has 13 nitrogen and oxygen atoms in total. The summed E-state index contributed by atoms with van der Waals surface area (Å²) in [7, 11) is 0. The lowest BCUT2D eigenvalue weighted by Crippen LogP contribution is -2.70. The molecule has 374 valence electrons. The fourth-order valence-electron chi connectivity index (χ4n) is 11.1. The Hall–Kier alpha value is -6.77. The van der Waals surface area contributed by atoms with Crippen LogP contribution in [0.4, 0.5) is 10.5 Å². The Labute approximate surface area is 424 Å². The van der Waals surface area contributed by atoms with Gasteiger partial charge in [-0.3, -0.25) is 15.0 Å². The highest BCUT2D eigenvalue weighted by Gasteiger charge is 2.65. The van der Waals surface area contributed by atoms with Crippen molar-refractivity contribution in [2.45, 2.75) is 75.8 Å². The molecule has 0 bridgehead atoms. The minimum atomic E-state index is -1.56. The molecule has 1 fully saturated rings. The minimum Gasteiger partial charge on any atom is -0.459 e. The zero-order valence-corrected chi connectivity index (χ0v) is 40.9. The predicted molar refractivity (Wildman–Crippen MR) is 278 cm³/mol. The van der Waals surface area contributed by atoms with Crippen molar-refractivity contribution in [2.24, 2.45) is 22.9 Å². The molecule has 0 spiro atoms. The molecule has 6 aromatic rings. The van der Waals surface area contributed by atoms with Gasteiger partial charge in [-0.1, -0.05) is 103 Å². The Kier molecular flexibility index (Phi) is 16.2. The number of nitro benzene ring substituents is 1. The molecule has 2 N–H and O–H groups in total. The highest BCUT2D eigenvalue weighted by Crippen LogP contribution is 2.62. The predicted octanol–water partition coefficient (Wildman–Crippen LogP) is 12.4. The molecule has 14 heteroatoms. The quantitative estimate of drug-likeness (QED) is 0.0220. The Balaban J connectivity index is 1.24. The van der Waals surface area contributed by atoms with E-state index in [4.69, 9.17) is 40.5 Å². The van der Waals surface area contributed by atoms with E-state index in [2.05, 4.69) is 30.9 Å². The van der Waals surface area contributed by atoms with Crippen LogP contribution in [-0.4, -0.2) is 76.0 Å². The highest BCUT2D eigenvalue weighted by atomic mass is 35.5. The molecular weight excluding hydrogens is 934 g/mol. The number of fused-ring (bicyclic) bond motifs is 4. The number of rotatable bonds is 22. The van der Waals surface area contributed by atoms with E-state index in [1.807, 2.05) is 84.9 Å². The van der Waals surface area contributed by atoms with E-state index >= 15 is 0 Å². The van der Waals surface area contributed by atoms with Crippen molar-refractivity contribution in [1.82, 2.24) is 4.90 Å². The SMILES string of the molecule is C=CCO[C@@]12Oc3ccc(Oc4ccc5ccccc5c4)cc3[C@H]3[C@H](CCCCO)[C@@H](CCCCO)C=C(C(=NOCc4ccc([N+](=O)[O-])cc4)C[C@@H]1N(Cc1cccc4ccccc14)C(=O)OCCCl)[C@H]32. The fourth-order valence-corrected chi connectivity index (χ4v) is 11.2. The number of nitro groups is 1. The fraction of sp³-hybridized carbons (Fsp3) is 0.345. The monoisotopic (exact) mass is 993 g/mol. The van der Waals surface area contributed by atoms with E-state index in [0.29, 0.717) is 41.4 Å². The molecule has 6 aromatic carbocycles. The number of carbonyl (C=O) groups is 1. The molecule has 1 amide bonds. The number of non-ortho nitro benzene ring substituents is 1. The Morgan fingerprint density at radius 1 is 0.875 bits per heavy atom. The van der Waals surface area contributed by atoms with Gasteiger partial charge in [0.15, 0.2) is 0 Å². The average molecular weight is 995 g/mol. The van der Waals surface area contributed by atoms with Crippen molar-refractivity contribution in [3.8, 4) is 17.2 Å². The van der Waals surface area contributed by atoms with E-state index in [9.17, 15) is 25.1 Å². The number of unbranched alkanes of at least 4 members (excludes halogenated alkanes) is 2. The zero-order valence-electron chi connectivity index (χ0n) is 40.2. The summed E-state index contributed by atoms with van der Waals surface area (Å²) >= 11 is 6.20. The maximum atomic E-state index is 15.0. The van der Waals surface area contributed by atoms with Crippen LogP contribution in [0.2, 0.25) is 0 Å². The number of nitrogens with zero attached hydrogens (tertiary/aromatic N) is 3. The first-order chi connectivity index (χ1) is 35.2. The first kappa shape index (κ1) is 50.2. The largest absolute Gasteiger partial charge is 0.459 e. The third kappa shape index (κ3) is 10.7. The maximum Gasteiger partial charge on any atom is 0.410 e. The zero-order chi connectivity index (χ0) is 50.0. The van der Waals surface area contributed by atoms with E-state index in [1.165, 1.54) is 12.1 Å². The summed E-state index contributed by atoms with van der Waals surface area (Å²) in [5.74, 6) is -0.596. The number of ether oxygens (including phenoxy) is 4. The highest BCUT2D eigenvalue weighted by molar-refractivity contribution is 6.18. The van der Waals surface area contributed by atoms with Crippen molar-refractivity contribution >= 4 is 50.6 Å². The molecule has 1 heterocycles. The number of halogens is 1. The van der Waals surface area contributed by atoms with Crippen LogP contribution in [0, 0.1) is 27.9 Å². The van der Waals surface area contributed by atoms with Gasteiger partial charge in [-0.2, -0.15) is 0 Å². The number of alkyl halides is 1. The van der Waals surface area contributed by atoms with Crippen LogP contribution in [0.1, 0.15) is 67.6 Å². The number of hydrogen-bond donors (Lipinski definition) is 2. The summed E-state index contributed by atoms with van der Waals surface area (Å²) in [6, 6.07) is 39.3. The number of hydrogen-bond acceptors (Lipinski definition) is 11. The summed E-state index contributed by atoms with van der Waals surface area (Å²) in [6.07, 6.45) is 7.72. The maximum absolute atomic E-state index is 15.0. The average Bonchev–Trinajstić information content (AvgIpc) is 3.40. The van der Waals surface area contributed by atoms with Crippen LogP contribution in [0.5, 0.6) is 17.2 Å². The summed E-state index contributed by atoms with van der Waals surface area (Å²) in [4.78, 5) is 33.9. The van der Waals surface area contributed by atoms with Crippen LogP contribution in [0.3, 0.4) is 0 Å². The van der Waals surface area contributed by atoms with Gasteiger partial charge < -0.3 is 34.0 Å². The van der Waals surface area contributed by atoms with Crippen molar-refractivity contribution < 1.29 is 43.7 Å².